The lowest BCUT2D eigenvalue weighted by molar-refractivity contribution is 0.0829. The summed E-state index contributed by atoms with van der Waals surface area (Å²) >= 11 is 0. The molecule has 0 aliphatic carbocycles. The summed E-state index contributed by atoms with van der Waals surface area (Å²) in [6, 6.07) is 0.437. The number of nitrogens with one attached hydrogen (secondary N) is 1. The van der Waals surface area contributed by atoms with Gasteiger partial charge in [0, 0.05) is 13.2 Å². The van der Waals surface area contributed by atoms with E-state index < -0.39 is 0 Å². The summed E-state index contributed by atoms with van der Waals surface area (Å²) in [6.45, 7) is 8.02. The number of rotatable bonds is 6. The van der Waals surface area contributed by atoms with Gasteiger partial charge in [-0.1, -0.05) is 5.57 Å². The minimum Gasteiger partial charge on any atom is -0.380 e. The lowest BCUT2D eigenvalue weighted by Gasteiger charge is -2.22. The summed E-state index contributed by atoms with van der Waals surface area (Å²) < 4.78 is 5.24. The molecule has 0 amide bonds. The fraction of sp³-hybridized carbons (Fsp3) is 0.800. The highest BCUT2D eigenvalue weighted by molar-refractivity contribution is 4.90. The van der Waals surface area contributed by atoms with E-state index in [1.807, 2.05) is 7.05 Å². The van der Waals surface area contributed by atoms with Crippen LogP contribution in [0, 0.1) is 0 Å². The third-order valence-electron chi connectivity index (χ3n) is 2.19. The first kappa shape index (κ1) is 11.7. The molecule has 0 heterocycles. The Hall–Kier alpha value is -0.340. The van der Waals surface area contributed by atoms with Gasteiger partial charge in [-0.05, 0) is 33.7 Å². The number of hydrogen-bond donors (Lipinski definition) is 1. The Bertz CT molecular complexity index is 134. The van der Waals surface area contributed by atoms with Crippen molar-refractivity contribution in [3.8, 4) is 0 Å². The highest BCUT2D eigenvalue weighted by Gasteiger charge is 2.13. The van der Waals surface area contributed by atoms with Crippen molar-refractivity contribution in [2.45, 2.75) is 38.8 Å². The van der Waals surface area contributed by atoms with Gasteiger partial charge < -0.3 is 10.1 Å². The molecule has 72 valence electrons. The molecule has 0 aromatic rings. The van der Waals surface area contributed by atoms with Crippen LogP contribution in [-0.4, -0.2) is 26.3 Å². The molecule has 0 aliphatic rings. The highest BCUT2D eigenvalue weighted by Crippen LogP contribution is 2.08. The first-order valence-electron chi connectivity index (χ1n) is 4.46. The lowest BCUT2D eigenvalue weighted by atomic mass is 10.0. The fourth-order valence-electron chi connectivity index (χ4n) is 1.18. The zero-order chi connectivity index (χ0) is 9.56. The number of likely N-dealkylation sites (N-methyl/N-ethyl adjacent to an activating group) is 1. The molecular weight excluding hydrogens is 150 g/mol. The van der Waals surface area contributed by atoms with E-state index in [-0.39, 0.29) is 6.10 Å². The van der Waals surface area contributed by atoms with E-state index in [9.17, 15) is 0 Å². The molecular formula is C10H21NO. The van der Waals surface area contributed by atoms with E-state index in [1.54, 1.807) is 7.11 Å². The van der Waals surface area contributed by atoms with Gasteiger partial charge in [0.25, 0.3) is 0 Å². The molecule has 0 saturated carbocycles. The van der Waals surface area contributed by atoms with Gasteiger partial charge in [0.2, 0.25) is 0 Å². The van der Waals surface area contributed by atoms with E-state index >= 15 is 0 Å². The summed E-state index contributed by atoms with van der Waals surface area (Å²) in [6.07, 6.45) is 2.44. The van der Waals surface area contributed by atoms with Crippen molar-refractivity contribution < 1.29 is 4.74 Å². The summed E-state index contributed by atoms with van der Waals surface area (Å²) in [4.78, 5) is 0. The van der Waals surface area contributed by atoms with Crippen molar-refractivity contribution in [1.82, 2.24) is 5.32 Å². The standard InChI is InChI=1S/C10H21NO/c1-8(2)6-7-10(11-4)9(3)12-5/h9-11H,1,6-7H2,2-5H3. The van der Waals surface area contributed by atoms with E-state index in [4.69, 9.17) is 4.74 Å². The second-order valence-electron chi connectivity index (χ2n) is 3.33. The topological polar surface area (TPSA) is 21.3 Å². The molecule has 2 atom stereocenters. The molecule has 0 rings (SSSR count). The maximum absolute atomic E-state index is 5.24. The van der Waals surface area contributed by atoms with Crippen LogP contribution in [0.3, 0.4) is 0 Å². The van der Waals surface area contributed by atoms with Crippen molar-refractivity contribution in [3.63, 3.8) is 0 Å². The largest absolute Gasteiger partial charge is 0.380 e. The molecule has 0 aromatic heterocycles. The smallest absolute Gasteiger partial charge is 0.0696 e. The van der Waals surface area contributed by atoms with Gasteiger partial charge in [0.1, 0.15) is 0 Å². The van der Waals surface area contributed by atoms with Crippen LogP contribution in [0.2, 0.25) is 0 Å². The van der Waals surface area contributed by atoms with Crippen LogP contribution < -0.4 is 5.32 Å². The quantitative estimate of drug-likeness (QED) is 0.617. The fourth-order valence-corrected chi connectivity index (χ4v) is 1.18. The lowest BCUT2D eigenvalue weighted by Crippen LogP contribution is -2.36. The van der Waals surface area contributed by atoms with E-state index in [2.05, 4.69) is 25.7 Å². The molecule has 0 bridgehead atoms. The van der Waals surface area contributed by atoms with Gasteiger partial charge in [-0.15, -0.1) is 6.58 Å². The first-order valence-corrected chi connectivity index (χ1v) is 4.46. The van der Waals surface area contributed by atoms with Crippen molar-refractivity contribution in [3.05, 3.63) is 12.2 Å². The second kappa shape index (κ2) is 6.21. The monoisotopic (exact) mass is 171 g/mol. The molecule has 2 nitrogen and oxygen atoms in total. The third kappa shape index (κ3) is 4.52. The first-order chi connectivity index (χ1) is 5.61. The zero-order valence-corrected chi connectivity index (χ0v) is 8.68. The predicted octanol–water partition coefficient (Wildman–Crippen LogP) is 1.97. The summed E-state index contributed by atoms with van der Waals surface area (Å²) in [5.41, 5.74) is 1.23. The summed E-state index contributed by atoms with van der Waals surface area (Å²) in [5, 5.41) is 3.24. The van der Waals surface area contributed by atoms with Crippen LogP contribution >= 0.6 is 0 Å². The molecule has 2 heteroatoms. The van der Waals surface area contributed by atoms with Gasteiger partial charge in [0.15, 0.2) is 0 Å². The van der Waals surface area contributed by atoms with Crippen molar-refractivity contribution in [2.75, 3.05) is 14.2 Å². The normalized spacial score (nSPS) is 15.7. The van der Waals surface area contributed by atoms with Gasteiger partial charge >= 0.3 is 0 Å². The Morgan fingerprint density at radius 3 is 2.50 bits per heavy atom. The Labute approximate surface area is 76.0 Å². The van der Waals surface area contributed by atoms with Gasteiger partial charge in [-0.3, -0.25) is 0 Å². The number of hydrogen-bond acceptors (Lipinski definition) is 2. The van der Waals surface area contributed by atoms with Crippen molar-refractivity contribution >= 4 is 0 Å². The Morgan fingerprint density at radius 2 is 2.17 bits per heavy atom. The summed E-state index contributed by atoms with van der Waals surface area (Å²) in [7, 11) is 3.72. The van der Waals surface area contributed by atoms with E-state index in [0.717, 1.165) is 12.8 Å². The van der Waals surface area contributed by atoms with Crippen LogP contribution in [0.15, 0.2) is 12.2 Å². The predicted molar refractivity (Wildman–Crippen MR) is 53.4 cm³/mol. The molecule has 2 unspecified atom stereocenters. The average molecular weight is 171 g/mol. The van der Waals surface area contributed by atoms with Gasteiger partial charge in [-0.2, -0.15) is 0 Å². The molecule has 12 heavy (non-hydrogen) atoms. The Balaban J connectivity index is 3.74. The molecule has 0 aromatic carbocycles. The minimum atomic E-state index is 0.273. The van der Waals surface area contributed by atoms with E-state index in [0.29, 0.717) is 6.04 Å². The molecule has 1 N–H and O–H groups in total. The maximum atomic E-state index is 5.24. The average Bonchev–Trinajstić information content (AvgIpc) is 2.04. The number of methoxy groups -OCH3 is 1. The van der Waals surface area contributed by atoms with Crippen LogP contribution in [0.1, 0.15) is 26.7 Å². The molecule has 0 saturated heterocycles. The SMILES string of the molecule is C=C(C)CCC(NC)C(C)OC. The molecule has 0 spiro atoms. The summed E-state index contributed by atoms with van der Waals surface area (Å²) in [5.74, 6) is 0. The zero-order valence-electron chi connectivity index (χ0n) is 8.68. The van der Waals surface area contributed by atoms with Crippen LogP contribution in [0.5, 0.6) is 0 Å². The van der Waals surface area contributed by atoms with Crippen molar-refractivity contribution in [1.29, 1.82) is 0 Å². The Morgan fingerprint density at radius 1 is 1.58 bits per heavy atom. The second-order valence-corrected chi connectivity index (χ2v) is 3.33. The molecule has 0 fully saturated rings. The Kier molecular flexibility index (Phi) is 6.03. The van der Waals surface area contributed by atoms with Gasteiger partial charge in [0.05, 0.1) is 6.10 Å². The van der Waals surface area contributed by atoms with Crippen molar-refractivity contribution in [2.24, 2.45) is 0 Å². The number of ether oxygens (including phenoxy) is 1. The molecule has 0 radical (unpaired) electrons. The highest BCUT2D eigenvalue weighted by atomic mass is 16.5. The van der Waals surface area contributed by atoms with Gasteiger partial charge in [-0.25, -0.2) is 0 Å². The molecule has 0 aliphatic heterocycles. The van der Waals surface area contributed by atoms with E-state index in [1.165, 1.54) is 5.57 Å². The van der Waals surface area contributed by atoms with Crippen LogP contribution in [0.4, 0.5) is 0 Å². The van der Waals surface area contributed by atoms with Crippen LogP contribution in [-0.2, 0) is 4.74 Å². The number of allylic oxidation sites excluding steroid dienone is 1. The van der Waals surface area contributed by atoms with Crippen LogP contribution in [0.25, 0.3) is 0 Å². The minimum absolute atomic E-state index is 0.273. The third-order valence-corrected chi connectivity index (χ3v) is 2.19. The maximum Gasteiger partial charge on any atom is 0.0696 e.